The van der Waals surface area contributed by atoms with E-state index in [1.54, 1.807) is 14.2 Å². The molecule has 4 heteroatoms. The highest BCUT2D eigenvalue weighted by Crippen LogP contribution is 2.30. The molecule has 1 N–H and O–H groups in total. The van der Waals surface area contributed by atoms with Crippen LogP contribution in [0.3, 0.4) is 0 Å². The van der Waals surface area contributed by atoms with Crippen LogP contribution in [0, 0.1) is 0 Å². The third-order valence-electron chi connectivity index (χ3n) is 4.06. The van der Waals surface area contributed by atoms with Gasteiger partial charge in [0.05, 0.1) is 33.0 Å². The lowest BCUT2D eigenvalue weighted by Crippen LogP contribution is -2.27. The van der Waals surface area contributed by atoms with Gasteiger partial charge in [-0.15, -0.1) is 0 Å². The van der Waals surface area contributed by atoms with Crippen molar-refractivity contribution >= 4 is 0 Å². The summed E-state index contributed by atoms with van der Waals surface area (Å²) in [5, 5.41) is 3.49. The van der Waals surface area contributed by atoms with Crippen molar-refractivity contribution in [1.29, 1.82) is 0 Å². The molecule has 1 saturated carbocycles. The van der Waals surface area contributed by atoms with Crippen molar-refractivity contribution in [3.8, 4) is 11.5 Å². The summed E-state index contributed by atoms with van der Waals surface area (Å²) in [6, 6.07) is 6.25. The lowest BCUT2D eigenvalue weighted by molar-refractivity contribution is 0.0428. The van der Waals surface area contributed by atoms with E-state index in [-0.39, 0.29) is 6.04 Å². The summed E-state index contributed by atoms with van der Waals surface area (Å²) in [6.07, 6.45) is 5.43. The van der Waals surface area contributed by atoms with Crippen LogP contribution in [0.1, 0.15) is 44.2 Å². The predicted molar refractivity (Wildman–Crippen MR) is 84.2 cm³/mol. The molecule has 0 saturated heterocycles. The van der Waals surface area contributed by atoms with Crippen molar-refractivity contribution in [3.05, 3.63) is 23.8 Å². The fraction of sp³-hybridized carbons (Fsp3) is 0.647. The first kappa shape index (κ1) is 16.1. The Morgan fingerprint density at radius 1 is 1.14 bits per heavy atom. The summed E-state index contributed by atoms with van der Waals surface area (Å²) in [5.41, 5.74) is 1.17. The van der Waals surface area contributed by atoms with Crippen LogP contribution in [0.15, 0.2) is 18.2 Å². The second-order valence-electron chi connectivity index (χ2n) is 5.46. The van der Waals surface area contributed by atoms with E-state index >= 15 is 0 Å². The molecule has 118 valence electrons. The number of likely N-dealkylation sites (N-methyl/N-ethyl adjacent to an activating group) is 1. The van der Waals surface area contributed by atoms with E-state index in [9.17, 15) is 0 Å². The molecule has 0 bridgehead atoms. The lowest BCUT2D eigenvalue weighted by Gasteiger charge is -2.22. The van der Waals surface area contributed by atoms with Gasteiger partial charge in [0.25, 0.3) is 0 Å². The van der Waals surface area contributed by atoms with Crippen LogP contribution in [0.2, 0.25) is 0 Å². The first-order valence-corrected chi connectivity index (χ1v) is 7.85. The number of methoxy groups -OCH3 is 2. The van der Waals surface area contributed by atoms with Crippen LogP contribution in [-0.4, -0.2) is 33.5 Å². The van der Waals surface area contributed by atoms with E-state index in [2.05, 4.69) is 18.3 Å². The van der Waals surface area contributed by atoms with Gasteiger partial charge in [0.1, 0.15) is 0 Å². The standard InChI is InChI=1S/C17H27NO3/c1-4-18-15(12-21-14-7-5-6-8-14)13-9-10-16(19-2)17(11-13)20-3/h9-11,14-15,18H,4-8,12H2,1-3H3. The SMILES string of the molecule is CCNC(COC1CCCC1)c1ccc(OC)c(OC)c1. The van der Waals surface area contributed by atoms with Crippen LogP contribution >= 0.6 is 0 Å². The van der Waals surface area contributed by atoms with E-state index in [0.717, 1.165) is 18.0 Å². The number of rotatable bonds is 8. The van der Waals surface area contributed by atoms with Crippen molar-refractivity contribution in [2.45, 2.75) is 44.8 Å². The fourth-order valence-electron chi connectivity index (χ4n) is 2.88. The van der Waals surface area contributed by atoms with Gasteiger partial charge >= 0.3 is 0 Å². The summed E-state index contributed by atoms with van der Waals surface area (Å²) in [6.45, 7) is 3.73. The third kappa shape index (κ3) is 4.35. The molecule has 0 aliphatic heterocycles. The Labute approximate surface area is 127 Å². The number of hydrogen-bond acceptors (Lipinski definition) is 4. The quantitative estimate of drug-likeness (QED) is 0.798. The molecule has 1 aromatic carbocycles. The maximum absolute atomic E-state index is 6.07. The van der Waals surface area contributed by atoms with E-state index in [4.69, 9.17) is 14.2 Å². The fourth-order valence-corrected chi connectivity index (χ4v) is 2.88. The molecule has 21 heavy (non-hydrogen) atoms. The summed E-state index contributed by atoms with van der Waals surface area (Å²) in [4.78, 5) is 0. The minimum Gasteiger partial charge on any atom is -0.493 e. The predicted octanol–water partition coefficient (Wildman–Crippen LogP) is 3.31. The molecule has 0 radical (unpaired) electrons. The molecule has 0 spiro atoms. The molecule has 0 amide bonds. The van der Waals surface area contributed by atoms with E-state index in [1.165, 1.54) is 31.2 Å². The molecule has 2 rings (SSSR count). The molecule has 1 aliphatic carbocycles. The Bertz CT molecular complexity index is 430. The van der Waals surface area contributed by atoms with Gasteiger partial charge in [0.15, 0.2) is 11.5 Å². The average Bonchev–Trinajstić information content (AvgIpc) is 3.04. The van der Waals surface area contributed by atoms with Crippen LogP contribution in [0.4, 0.5) is 0 Å². The number of hydrogen-bond donors (Lipinski definition) is 1. The molecule has 1 aliphatic rings. The number of ether oxygens (including phenoxy) is 3. The van der Waals surface area contributed by atoms with Crippen molar-refractivity contribution in [1.82, 2.24) is 5.32 Å². The summed E-state index contributed by atoms with van der Waals surface area (Å²) in [5.74, 6) is 1.52. The average molecular weight is 293 g/mol. The smallest absolute Gasteiger partial charge is 0.161 e. The molecule has 1 aromatic rings. The Morgan fingerprint density at radius 2 is 1.86 bits per heavy atom. The second-order valence-corrected chi connectivity index (χ2v) is 5.46. The van der Waals surface area contributed by atoms with E-state index < -0.39 is 0 Å². The van der Waals surface area contributed by atoms with Gasteiger partial charge in [-0.05, 0) is 37.1 Å². The molecule has 0 aromatic heterocycles. The van der Waals surface area contributed by atoms with E-state index in [0.29, 0.717) is 12.7 Å². The first-order chi connectivity index (χ1) is 10.3. The zero-order valence-corrected chi connectivity index (χ0v) is 13.4. The van der Waals surface area contributed by atoms with Crippen molar-refractivity contribution in [3.63, 3.8) is 0 Å². The largest absolute Gasteiger partial charge is 0.493 e. The molecule has 1 fully saturated rings. The molecule has 1 atom stereocenters. The van der Waals surface area contributed by atoms with Gasteiger partial charge in [0, 0.05) is 0 Å². The summed E-state index contributed by atoms with van der Waals surface area (Å²) >= 11 is 0. The highest BCUT2D eigenvalue weighted by atomic mass is 16.5. The number of nitrogens with one attached hydrogen (secondary N) is 1. The molecule has 1 unspecified atom stereocenters. The van der Waals surface area contributed by atoms with Crippen molar-refractivity contribution < 1.29 is 14.2 Å². The molecule has 4 nitrogen and oxygen atoms in total. The molecular formula is C17H27NO3. The van der Waals surface area contributed by atoms with Gasteiger partial charge in [-0.3, -0.25) is 0 Å². The normalized spacial score (nSPS) is 16.9. The van der Waals surface area contributed by atoms with Gasteiger partial charge < -0.3 is 19.5 Å². The highest BCUT2D eigenvalue weighted by molar-refractivity contribution is 5.43. The highest BCUT2D eigenvalue weighted by Gasteiger charge is 2.19. The zero-order valence-electron chi connectivity index (χ0n) is 13.4. The third-order valence-corrected chi connectivity index (χ3v) is 4.06. The van der Waals surface area contributed by atoms with Crippen LogP contribution in [-0.2, 0) is 4.74 Å². The maximum atomic E-state index is 6.07. The summed E-state index contributed by atoms with van der Waals surface area (Å²) < 4.78 is 16.8. The van der Waals surface area contributed by atoms with Gasteiger partial charge in [-0.1, -0.05) is 25.8 Å². The van der Waals surface area contributed by atoms with Gasteiger partial charge in [0.2, 0.25) is 0 Å². The Morgan fingerprint density at radius 3 is 2.48 bits per heavy atom. The zero-order chi connectivity index (χ0) is 15.1. The molecule has 0 heterocycles. The Hall–Kier alpha value is -1.26. The number of benzene rings is 1. The first-order valence-electron chi connectivity index (χ1n) is 7.85. The van der Waals surface area contributed by atoms with Crippen molar-refractivity contribution in [2.24, 2.45) is 0 Å². The van der Waals surface area contributed by atoms with Crippen LogP contribution < -0.4 is 14.8 Å². The minimum atomic E-state index is 0.190. The van der Waals surface area contributed by atoms with Gasteiger partial charge in [-0.2, -0.15) is 0 Å². The van der Waals surface area contributed by atoms with Gasteiger partial charge in [-0.25, -0.2) is 0 Å². The van der Waals surface area contributed by atoms with Crippen LogP contribution in [0.25, 0.3) is 0 Å². The Kier molecular flexibility index (Phi) is 6.33. The topological polar surface area (TPSA) is 39.7 Å². The van der Waals surface area contributed by atoms with Crippen LogP contribution in [0.5, 0.6) is 11.5 Å². The second kappa shape index (κ2) is 8.25. The monoisotopic (exact) mass is 293 g/mol. The van der Waals surface area contributed by atoms with Crippen molar-refractivity contribution in [2.75, 3.05) is 27.4 Å². The molecular weight excluding hydrogens is 266 g/mol. The minimum absolute atomic E-state index is 0.190. The summed E-state index contributed by atoms with van der Waals surface area (Å²) in [7, 11) is 3.32. The van der Waals surface area contributed by atoms with E-state index in [1.807, 2.05) is 12.1 Å². The Balaban J connectivity index is 2.05. The lowest BCUT2D eigenvalue weighted by atomic mass is 10.1. The maximum Gasteiger partial charge on any atom is 0.161 e.